The van der Waals surface area contributed by atoms with Crippen molar-refractivity contribution in [2.24, 2.45) is 0 Å². The second-order valence-corrected chi connectivity index (χ2v) is 10.9. The third-order valence-corrected chi connectivity index (χ3v) is 8.41. The van der Waals surface area contributed by atoms with E-state index in [9.17, 15) is 14.4 Å². The lowest BCUT2D eigenvalue weighted by atomic mass is 10.0. The van der Waals surface area contributed by atoms with Crippen molar-refractivity contribution in [3.05, 3.63) is 70.3 Å². The van der Waals surface area contributed by atoms with Gasteiger partial charge in [0, 0.05) is 43.8 Å². The molecule has 0 spiro atoms. The Morgan fingerprint density at radius 3 is 2.56 bits per heavy atom. The van der Waals surface area contributed by atoms with Gasteiger partial charge in [-0.3, -0.25) is 9.59 Å². The number of anilines is 1. The summed E-state index contributed by atoms with van der Waals surface area (Å²) >= 11 is 0. The van der Waals surface area contributed by atoms with Crippen LogP contribution >= 0.6 is 0 Å². The van der Waals surface area contributed by atoms with Crippen LogP contribution in [0, 0.1) is 5.82 Å². The highest BCUT2D eigenvalue weighted by atomic mass is 19.1. The van der Waals surface area contributed by atoms with Crippen LogP contribution in [0.25, 0.3) is 27.4 Å². The molecular formula is C32H31FN4O6. The zero-order chi connectivity index (χ0) is 29.7. The van der Waals surface area contributed by atoms with Crippen molar-refractivity contribution in [3.8, 4) is 17.2 Å². The first kappa shape index (κ1) is 27.2. The molecule has 2 fully saturated rings. The maximum absolute atomic E-state index is 16.0. The minimum absolute atomic E-state index is 0.0346. The fourth-order valence-electron chi connectivity index (χ4n) is 6.23. The molecule has 1 N–H and O–H groups in total. The standard InChI is InChI=1S/C32H31FN4O6/c1-2-42-32(40)36-11-9-20(10-12-36)34-26-24(33)17-22-28-30(26)43-25-8-7-19-5-3-4-6-21(19)27(25)37(28)18-23(29(22)38)31(39)35-13-15-41-16-14-35/h3-8,17-18,20,34H,2,9-16H2,1H3. The number of nitrogens with zero attached hydrogens (tertiary/aromatic N) is 3. The first-order valence-electron chi connectivity index (χ1n) is 14.6. The number of morpholine rings is 1. The Hall–Kier alpha value is -4.64. The molecule has 43 heavy (non-hydrogen) atoms. The van der Waals surface area contributed by atoms with Crippen LogP contribution in [0.1, 0.15) is 30.1 Å². The van der Waals surface area contributed by atoms with Crippen LogP contribution in [0.3, 0.4) is 0 Å². The minimum Gasteiger partial charge on any atom is -0.451 e. The number of piperidine rings is 1. The van der Waals surface area contributed by atoms with Crippen LogP contribution in [0.2, 0.25) is 0 Å². The predicted octanol–water partition coefficient (Wildman–Crippen LogP) is 4.89. The third-order valence-electron chi connectivity index (χ3n) is 8.41. The van der Waals surface area contributed by atoms with Gasteiger partial charge in [0.05, 0.1) is 30.9 Å². The van der Waals surface area contributed by atoms with Crippen LogP contribution in [0.5, 0.6) is 11.5 Å². The highest BCUT2D eigenvalue weighted by Crippen LogP contribution is 2.47. The van der Waals surface area contributed by atoms with Gasteiger partial charge in [-0.15, -0.1) is 0 Å². The average Bonchev–Trinajstić information content (AvgIpc) is 3.04. The number of ether oxygens (including phenoxy) is 3. The lowest BCUT2D eigenvalue weighted by Gasteiger charge is -2.33. The van der Waals surface area contributed by atoms with E-state index in [0.29, 0.717) is 75.8 Å². The Morgan fingerprint density at radius 2 is 1.79 bits per heavy atom. The van der Waals surface area contributed by atoms with E-state index in [1.54, 1.807) is 27.5 Å². The smallest absolute Gasteiger partial charge is 0.409 e. The summed E-state index contributed by atoms with van der Waals surface area (Å²) in [6, 6.07) is 12.6. The van der Waals surface area contributed by atoms with Gasteiger partial charge in [-0.1, -0.05) is 30.3 Å². The van der Waals surface area contributed by atoms with Crippen molar-refractivity contribution in [2.75, 3.05) is 51.3 Å². The van der Waals surface area contributed by atoms with E-state index >= 15 is 4.39 Å². The molecule has 0 unspecified atom stereocenters. The van der Waals surface area contributed by atoms with Crippen molar-refractivity contribution in [3.63, 3.8) is 0 Å². The molecule has 0 bridgehead atoms. The molecule has 0 aliphatic carbocycles. The van der Waals surface area contributed by atoms with Gasteiger partial charge in [-0.25, -0.2) is 9.18 Å². The maximum Gasteiger partial charge on any atom is 0.409 e. The Bertz CT molecular complexity index is 1820. The van der Waals surface area contributed by atoms with E-state index in [1.807, 2.05) is 36.4 Å². The molecule has 222 valence electrons. The molecule has 4 aromatic rings. The Balaban J connectivity index is 1.36. The molecule has 3 aliphatic heterocycles. The predicted molar refractivity (Wildman–Crippen MR) is 159 cm³/mol. The van der Waals surface area contributed by atoms with E-state index < -0.39 is 17.2 Å². The molecule has 0 radical (unpaired) electrons. The number of aromatic nitrogens is 1. The number of fused-ring (bicyclic) bond motifs is 4. The SMILES string of the molecule is CCOC(=O)N1CCC(Nc2c(F)cc3c(=O)c(C(=O)N4CCOCC4)cn4c3c2Oc2ccc3ccccc3c2-4)CC1. The van der Waals surface area contributed by atoms with Crippen LogP contribution in [0.15, 0.2) is 53.5 Å². The van der Waals surface area contributed by atoms with Gasteiger partial charge in [0.25, 0.3) is 5.91 Å². The van der Waals surface area contributed by atoms with E-state index in [-0.39, 0.29) is 34.5 Å². The van der Waals surface area contributed by atoms with Crippen LogP contribution in [-0.4, -0.2) is 78.4 Å². The molecule has 0 atom stereocenters. The van der Waals surface area contributed by atoms with E-state index in [4.69, 9.17) is 14.2 Å². The number of likely N-dealkylation sites (tertiary alicyclic amines) is 1. The number of amides is 2. The van der Waals surface area contributed by atoms with Crippen molar-refractivity contribution < 1.29 is 28.2 Å². The third kappa shape index (κ3) is 4.64. The molecular weight excluding hydrogens is 555 g/mol. The molecule has 2 amide bonds. The fraction of sp³-hybridized carbons (Fsp3) is 0.344. The molecule has 7 rings (SSSR count). The number of hydrogen-bond acceptors (Lipinski definition) is 7. The van der Waals surface area contributed by atoms with Crippen molar-refractivity contribution in [1.29, 1.82) is 0 Å². The average molecular weight is 587 g/mol. The summed E-state index contributed by atoms with van der Waals surface area (Å²) in [5.74, 6) is -0.399. The number of carbonyl (C=O) groups is 2. The number of halogens is 1. The van der Waals surface area contributed by atoms with Crippen LogP contribution in [-0.2, 0) is 9.47 Å². The number of benzene rings is 3. The fourth-order valence-corrected chi connectivity index (χ4v) is 6.23. The summed E-state index contributed by atoms with van der Waals surface area (Å²) in [7, 11) is 0. The van der Waals surface area contributed by atoms with Gasteiger partial charge in [0.1, 0.15) is 16.8 Å². The monoisotopic (exact) mass is 586 g/mol. The second-order valence-electron chi connectivity index (χ2n) is 10.9. The van der Waals surface area contributed by atoms with Crippen molar-refractivity contribution in [2.45, 2.75) is 25.8 Å². The normalized spacial score (nSPS) is 16.6. The van der Waals surface area contributed by atoms with Gasteiger partial charge in [-0.05, 0) is 37.3 Å². The first-order chi connectivity index (χ1) is 20.9. The van der Waals surface area contributed by atoms with E-state index in [1.165, 1.54) is 6.07 Å². The second kappa shape index (κ2) is 10.9. The topological polar surface area (TPSA) is 102 Å². The Morgan fingerprint density at radius 1 is 1.02 bits per heavy atom. The van der Waals surface area contributed by atoms with Crippen LogP contribution < -0.4 is 15.5 Å². The number of rotatable bonds is 4. The first-order valence-corrected chi connectivity index (χ1v) is 14.6. The summed E-state index contributed by atoms with van der Waals surface area (Å²) < 4.78 is 34.7. The van der Waals surface area contributed by atoms with E-state index in [2.05, 4.69) is 5.32 Å². The van der Waals surface area contributed by atoms with Gasteiger partial charge in [0.2, 0.25) is 5.43 Å². The summed E-state index contributed by atoms with van der Waals surface area (Å²) in [6.45, 7) is 4.53. The molecule has 3 aliphatic rings. The summed E-state index contributed by atoms with van der Waals surface area (Å²) in [6.07, 6.45) is 2.37. The highest BCUT2D eigenvalue weighted by Gasteiger charge is 2.32. The number of carbonyl (C=O) groups excluding carboxylic acids is 2. The molecule has 1 aromatic heterocycles. The summed E-state index contributed by atoms with van der Waals surface area (Å²) in [5, 5.41) is 5.19. The number of hydrogen-bond donors (Lipinski definition) is 1. The largest absolute Gasteiger partial charge is 0.451 e. The molecule has 0 saturated carbocycles. The maximum atomic E-state index is 16.0. The highest BCUT2D eigenvalue weighted by molar-refractivity contribution is 6.04. The van der Waals surface area contributed by atoms with Gasteiger partial charge in [-0.2, -0.15) is 0 Å². The zero-order valence-electron chi connectivity index (χ0n) is 23.7. The molecule has 3 aromatic carbocycles. The van der Waals surface area contributed by atoms with Gasteiger partial charge in [0.15, 0.2) is 17.3 Å². The Kier molecular flexibility index (Phi) is 6.89. The van der Waals surface area contributed by atoms with E-state index in [0.717, 1.165) is 10.8 Å². The lowest BCUT2D eigenvalue weighted by Crippen LogP contribution is -2.43. The zero-order valence-corrected chi connectivity index (χ0v) is 23.7. The quantitative estimate of drug-likeness (QED) is 0.320. The molecule has 11 heteroatoms. The molecule has 2 saturated heterocycles. The lowest BCUT2D eigenvalue weighted by molar-refractivity contribution is 0.0301. The van der Waals surface area contributed by atoms with Gasteiger partial charge < -0.3 is 33.9 Å². The molecule has 4 heterocycles. The number of nitrogens with one attached hydrogen (secondary N) is 1. The van der Waals surface area contributed by atoms with Crippen molar-refractivity contribution in [1.82, 2.24) is 14.4 Å². The summed E-state index contributed by atoms with van der Waals surface area (Å²) in [4.78, 5) is 42.9. The van der Waals surface area contributed by atoms with Crippen LogP contribution in [0.4, 0.5) is 14.9 Å². The molecule has 10 nitrogen and oxygen atoms in total. The van der Waals surface area contributed by atoms with Crippen molar-refractivity contribution >= 4 is 39.4 Å². The minimum atomic E-state index is -0.654. The Labute approximate surface area is 246 Å². The summed E-state index contributed by atoms with van der Waals surface area (Å²) in [5.41, 5.74) is 0.616. The number of pyridine rings is 1. The van der Waals surface area contributed by atoms with Gasteiger partial charge >= 0.3 is 6.09 Å².